The van der Waals surface area contributed by atoms with Gasteiger partial charge in [-0.3, -0.25) is 0 Å². The van der Waals surface area contributed by atoms with Crippen LogP contribution in [0.4, 0.5) is 5.95 Å². The fourth-order valence-corrected chi connectivity index (χ4v) is 1.52. The van der Waals surface area contributed by atoms with Crippen molar-refractivity contribution in [2.24, 2.45) is 0 Å². The minimum Gasteiger partial charge on any atom is -0.467 e. The van der Waals surface area contributed by atoms with Crippen LogP contribution in [0.25, 0.3) is 0 Å². The molecule has 1 heterocycles. The molecule has 0 fully saturated rings. The Bertz CT molecular complexity index is 538. The maximum Gasteiger partial charge on any atom is 0.330 e. The minimum atomic E-state index is 0.199. The number of nitrogens with zero attached hydrogens (tertiary/aromatic N) is 3. The van der Waals surface area contributed by atoms with E-state index in [4.69, 9.17) is 9.47 Å². The molecule has 2 aromatic rings. The third kappa shape index (κ3) is 3.31. The molecule has 0 radical (unpaired) electrons. The van der Waals surface area contributed by atoms with Crippen LogP contribution in [0.3, 0.4) is 0 Å². The smallest absolute Gasteiger partial charge is 0.330 e. The topological polar surface area (TPSA) is 69.2 Å². The minimum absolute atomic E-state index is 0.199. The Balaban J connectivity index is 2.26. The highest BCUT2D eigenvalue weighted by molar-refractivity contribution is 5.32. The average Bonchev–Trinajstić information content (AvgIpc) is 2.47. The van der Waals surface area contributed by atoms with Gasteiger partial charge in [-0.2, -0.15) is 9.97 Å². The zero-order valence-electron chi connectivity index (χ0n) is 11.2. The van der Waals surface area contributed by atoms with Crippen LogP contribution in [-0.2, 0) is 6.42 Å². The van der Waals surface area contributed by atoms with Crippen LogP contribution in [-0.4, -0.2) is 29.1 Å². The van der Waals surface area contributed by atoms with Crippen molar-refractivity contribution in [3.05, 3.63) is 29.8 Å². The summed E-state index contributed by atoms with van der Waals surface area (Å²) in [4.78, 5) is 12.2. The van der Waals surface area contributed by atoms with Gasteiger partial charge in [-0.15, -0.1) is 4.98 Å². The largest absolute Gasteiger partial charge is 0.467 e. The van der Waals surface area contributed by atoms with E-state index >= 15 is 0 Å². The van der Waals surface area contributed by atoms with E-state index in [1.165, 1.54) is 12.7 Å². The zero-order valence-corrected chi connectivity index (χ0v) is 11.2. The van der Waals surface area contributed by atoms with Gasteiger partial charge in [-0.1, -0.05) is 19.1 Å². The van der Waals surface area contributed by atoms with Crippen LogP contribution in [0, 0.1) is 0 Å². The number of nitrogens with one attached hydrogen (secondary N) is 1. The van der Waals surface area contributed by atoms with Gasteiger partial charge in [0.15, 0.2) is 0 Å². The number of methoxy groups -OCH3 is 1. The van der Waals surface area contributed by atoms with E-state index in [1.54, 1.807) is 7.05 Å². The van der Waals surface area contributed by atoms with Crippen molar-refractivity contribution < 1.29 is 9.47 Å². The average molecular weight is 260 g/mol. The van der Waals surface area contributed by atoms with E-state index in [9.17, 15) is 0 Å². The Kier molecular flexibility index (Phi) is 4.12. The Morgan fingerprint density at radius 1 is 1.16 bits per heavy atom. The molecule has 0 amide bonds. The fraction of sp³-hybridized carbons (Fsp3) is 0.308. The highest BCUT2D eigenvalue weighted by atomic mass is 16.5. The van der Waals surface area contributed by atoms with Crippen molar-refractivity contribution in [1.29, 1.82) is 0 Å². The molecular weight excluding hydrogens is 244 g/mol. The molecule has 0 unspecified atom stereocenters. The molecule has 0 aliphatic carbocycles. The normalized spacial score (nSPS) is 10.1. The zero-order chi connectivity index (χ0) is 13.7. The summed E-state index contributed by atoms with van der Waals surface area (Å²) in [6.45, 7) is 2.09. The maximum atomic E-state index is 5.62. The van der Waals surface area contributed by atoms with Gasteiger partial charge in [-0.25, -0.2) is 0 Å². The number of aryl methyl sites for hydroxylation is 1. The number of rotatable bonds is 5. The van der Waals surface area contributed by atoms with Gasteiger partial charge >= 0.3 is 12.0 Å². The Morgan fingerprint density at radius 2 is 1.95 bits per heavy atom. The lowest BCUT2D eigenvalue weighted by atomic mass is 10.2. The summed E-state index contributed by atoms with van der Waals surface area (Å²) in [5.41, 5.74) is 1.19. The molecule has 6 nitrogen and oxygen atoms in total. The van der Waals surface area contributed by atoms with Crippen LogP contribution < -0.4 is 14.8 Å². The highest BCUT2D eigenvalue weighted by Gasteiger charge is 2.08. The number of ether oxygens (including phenoxy) is 2. The molecule has 6 heteroatoms. The second kappa shape index (κ2) is 5.99. The first-order valence-electron chi connectivity index (χ1n) is 5.99. The van der Waals surface area contributed by atoms with Crippen LogP contribution in [0.5, 0.6) is 17.8 Å². The number of anilines is 1. The predicted octanol–water partition coefficient (Wildman–Crippen LogP) is 2.28. The molecule has 0 spiro atoms. The van der Waals surface area contributed by atoms with Gasteiger partial charge in [0, 0.05) is 7.05 Å². The lowest BCUT2D eigenvalue weighted by Crippen LogP contribution is -2.03. The second-order valence-corrected chi connectivity index (χ2v) is 3.78. The summed E-state index contributed by atoms with van der Waals surface area (Å²) in [6.07, 6.45) is 0.944. The first-order chi connectivity index (χ1) is 9.25. The van der Waals surface area contributed by atoms with Crippen LogP contribution in [0.2, 0.25) is 0 Å². The number of benzene rings is 1. The van der Waals surface area contributed by atoms with E-state index in [0.29, 0.717) is 11.7 Å². The molecule has 1 N–H and O–H groups in total. The van der Waals surface area contributed by atoms with E-state index in [1.807, 2.05) is 24.3 Å². The molecular formula is C13H16N4O2. The van der Waals surface area contributed by atoms with E-state index in [0.717, 1.165) is 6.42 Å². The fourth-order valence-electron chi connectivity index (χ4n) is 1.52. The molecule has 19 heavy (non-hydrogen) atoms. The molecule has 0 bridgehead atoms. The molecule has 0 saturated heterocycles. The molecule has 0 saturated carbocycles. The number of aromatic nitrogens is 3. The standard InChI is InChI=1S/C13H16N4O2/c1-4-9-6-5-7-10(8-9)19-13-16-11(14-2)15-12(17-13)18-3/h5-8H,4H2,1-3H3,(H,14,15,16,17). The van der Waals surface area contributed by atoms with Crippen LogP contribution >= 0.6 is 0 Å². The van der Waals surface area contributed by atoms with Crippen molar-refractivity contribution in [1.82, 2.24) is 15.0 Å². The summed E-state index contributed by atoms with van der Waals surface area (Å²) in [5, 5.41) is 2.83. The van der Waals surface area contributed by atoms with Gasteiger partial charge in [0.1, 0.15) is 5.75 Å². The van der Waals surface area contributed by atoms with Crippen molar-refractivity contribution in [2.75, 3.05) is 19.5 Å². The molecule has 2 rings (SSSR count). The molecule has 1 aromatic heterocycles. The first kappa shape index (κ1) is 13.1. The van der Waals surface area contributed by atoms with Gasteiger partial charge in [0.25, 0.3) is 0 Å². The van der Waals surface area contributed by atoms with Crippen molar-refractivity contribution in [3.63, 3.8) is 0 Å². The quantitative estimate of drug-likeness (QED) is 0.889. The van der Waals surface area contributed by atoms with Gasteiger partial charge in [0.2, 0.25) is 5.95 Å². The molecule has 0 aliphatic rings. The maximum absolute atomic E-state index is 5.62. The Morgan fingerprint density at radius 3 is 2.63 bits per heavy atom. The van der Waals surface area contributed by atoms with Crippen molar-refractivity contribution in [3.8, 4) is 17.8 Å². The van der Waals surface area contributed by atoms with Crippen molar-refractivity contribution in [2.45, 2.75) is 13.3 Å². The van der Waals surface area contributed by atoms with E-state index in [2.05, 4.69) is 27.2 Å². The van der Waals surface area contributed by atoms with E-state index in [-0.39, 0.29) is 12.0 Å². The third-order valence-corrected chi connectivity index (χ3v) is 2.52. The lowest BCUT2D eigenvalue weighted by molar-refractivity contribution is 0.360. The van der Waals surface area contributed by atoms with Crippen LogP contribution in [0.1, 0.15) is 12.5 Å². The molecule has 1 aromatic carbocycles. The lowest BCUT2D eigenvalue weighted by Gasteiger charge is -2.07. The highest BCUT2D eigenvalue weighted by Crippen LogP contribution is 2.21. The first-order valence-corrected chi connectivity index (χ1v) is 5.99. The molecule has 0 atom stereocenters. The second-order valence-electron chi connectivity index (χ2n) is 3.78. The Labute approximate surface area is 111 Å². The third-order valence-electron chi connectivity index (χ3n) is 2.52. The number of hydrogen-bond donors (Lipinski definition) is 1. The Hall–Kier alpha value is -2.37. The van der Waals surface area contributed by atoms with Gasteiger partial charge in [-0.05, 0) is 24.1 Å². The van der Waals surface area contributed by atoms with Crippen LogP contribution in [0.15, 0.2) is 24.3 Å². The predicted molar refractivity (Wildman–Crippen MR) is 71.8 cm³/mol. The van der Waals surface area contributed by atoms with Crippen molar-refractivity contribution >= 4 is 5.95 Å². The van der Waals surface area contributed by atoms with Gasteiger partial charge in [0.05, 0.1) is 7.11 Å². The molecule has 100 valence electrons. The summed E-state index contributed by atoms with van der Waals surface area (Å²) < 4.78 is 10.6. The number of hydrogen-bond acceptors (Lipinski definition) is 6. The summed E-state index contributed by atoms with van der Waals surface area (Å²) in [5.74, 6) is 1.09. The monoisotopic (exact) mass is 260 g/mol. The van der Waals surface area contributed by atoms with Gasteiger partial charge < -0.3 is 14.8 Å². The SMILES string of the molecule is CCc1cccc(Oc2nc(NC)nc(OC)n2)c1. The molecule has 0 aliphatic heterocycles. The summed E-state index contributed by atoms with van der Waals surface area (Å²) in [7, 11) is 3.21. The summed E-state index contributed by atoms with van der Waals surface area (Å²) >= 11 is 0. The van der Waals surface area contributed by atoms with E-state index < -0.39 is 0 Å². The summed E-state index contributed by atoms with van der Waals surface area (Å²) in [6, 6.07) is 8.19.